The van der Waals surface area contributed by atoms with Gasteiger partial charge in [0.25, 0.3) is 0 Å². The van der Waals surface area contributed by atoms with Crippen LogP contribution in [0.25, 0.3) is 10.9 Å². The summed E-state index contributed by atoms with van der Waals surface area (Å²) in [5, 5.41) is 24.0. The summed E-state index contributed by atoms with van der Waals surface area (Å²) in [7, 11) is 0. The number of anilines is 1. The highest BCUT2D eigenvalue weighted by molar-refractivity contribution is 7.80. The van der Waals surface area contributed by atoms with E-state index >= 15 is 0 Å². The molecular weight excluding hydrogens is 428 g/mol. The predicted octanol–water partition coefficient (Wildman–Crippen LogP) is 7.42. The van der Waals surface area contributed by atoms with Gasteiger partial charge in [-0.2, -0.15) is 0 Å². The van der Waals surface area contributed by atoms with Crippen molar-refractivity contribution in [2.75, 3.05) is 5.32 Å². The van der Waals surface area contributed by atoms with Crippen molar-refractivity contribution in [1.29, 1.82) is 0 Å². The Balaban J connectivity index is 1.67. The van der Waals surface area contributed by atoms with Gasteiger partial charge in [0.15, 0.2) is 5.69 Å². The maximum atomic E-state index is 11.1. The van der Waals surface area contributed by atoms with E-state index in [1.165, 1.54) is 16.7 Å². The largest absolute Gasteiger partial charge is 0.493 e. The molecule has 2 N–H and O–H groups in total. The third-order valence-corrected chi connectivity index (χ3v) is 6.08. The Bertz CT molecular complexity index is 1380. The Morgan fingerprint density at radius 3 is 2.33 bits per heavy atom. The average Bonchev–Trinajstić information content (AvgIpc) is 3.03. The number of hydrogen-bond donors (Lipinski definition) is 2. The lowest BCUT2D eigenvalue weighted by atomic mass is 10.1. The molecule has 0 aliphatic heterocycles. The van der Waals surface area contributed by atoms with Crippen molar-refractivity contribution in [2.45, 2.75) is 41.2 Å². The van der Waals surface area contributed by atoms with Crippen molar-refractivity contribution < 1.29 is 5.11 Å². The molecule has 0 aliphatic rings. The molecule has 4 aromatic rings. The van der Waals surface area contributed by atoms with Crippen LogP contribution in [0.15, 0.2) is 64.8 Å². The number of thiocarbonyl (C=S) groups is 1. The van der Waals surface area contributed by atoms with Gasteiger partial charge in [-0.25, -0.2) is 0 Å². The van der Waals surface area contributed by atoms with Crippen LogP contribution < -0.4 is 5.32 Å². The Labute approximate surface area is 199 Å². The van der Waals surface area contributed by atoms with Gasteiger partial charge in [-0.3, -0.25) is 0 Å². The van der Waals surface area contributed by atoms with E-state index in [1.807, 2.05) is 42.7 Å². The van der Waals surface area contributed by atoms with E-state index in [2.05, 4.69) is 66.6 Å². The van der Waals surface area contributed by atoms with E-state index < -0.39 is 0 Å². The monoisotopic (exact) mass is 456 g/mol. The zero-order chi connectivity index (χ0) is 23.7. The number of nitrogens with one attached hydrogen (secondary N) is 1. The number of hydrogen-bond acceptors (Lipinski definition) is 3. The van der Waals surface area contributed by atoms with Gasteiger partial charge in [0.2, 0.25) is 11.0 Å². The molecule has 0 fully saturated rings. The second-order valence-corrected chi connectivity index (χ2v) is 9.00. The van der Waals surface area contributed by atoms with Crippen molar-refractivity contribution >= 4 is 39.6 Å². The minimum atomic E-state index is 0.0753. The van der Waals surface area contributed by atoms with Crippen LogP contribution in [0, 0.1) is 34.6 Å². The highest BCUT2D eigenvalue weighted by Gasteiger charge is 2.17. The lowest BCUT2D eigenvalue weighted by molar-refractivity contribution is 0.429. The highest BCUT2D eigenvalue weighted by Crippen LogP contribution is 2.39. The van der Waals surface area contributed by atoms with Crippen molar-refractivity contribution in [3.63, 3.8) is 0 Å². The molecule has 0 saturated carbocycles. The van der Waals surface area contributed by atoms with Crippen LogP contribution in [0.5, 0.6) is 5.88 Å². The molecule has 0 unspecified atom stereocenters. The van der Waals surface area contributed by atoms with E-state index in [0.29, 0.717) is 12.2 Å². The fourth-order valence-electron chi connectivity index (χ4n) is 4.28. The van der Waals surface area contributed by atoms with E-state index in [4.69, 9.17) is 12.2 Å². The van der Waals surface area contributed by atoms with Gasteiger partial charge in [-0.15, -0.1) is 10.2 Å². The summed E-state index contributed by atoms with van der Waals surface area (Å²) in [6.07, 6.45) is 0. The molecule has 33 heavy (non-hydrogen) atoms. The van der Waals surface area contributed by atoms with Gasteiger partial charge < -0.3 is 15.0 Å². The summed E-state index contributed by atoms with van der Waals surface area (Å²) in [5.74, 6) is 0.0753. The molecule has 0 spiro atoms. The van der Waals surface area contributed by atoms with Gasteiger partial charge in [0.1, 0.15) is 0 Å². The lowest BCUT2D eigenvalue weighted by Crippen LogP contribution is -2.08. The number of fused-ring (bicyclic) bond motifs is 1. The SMILES string of the molecule is Cc1cc(C)c(NC(=S)N=Nc2c(O)n(Cc3cc(C)ccc3C)c3ccccc23)c(C)c1. The summed E-state index contributed by atoms with van der Waals surface area (Å²) in [4.78, 5) is 0. The maximum absolute atomic E-state index is 11.1. The van der Waals surface area contributed by atoms with Crippen LogP contribution in [-0.4, -0.2) is 14.8 Å². The Kier molecular flexibility index (Phi) is 6.29. The first kappa shape index (κ1) is 22.7. The number of aryl methyl sites for hydroxylation is 5. The second-order valence-electron chi connectivity index (χ2n) is 8.61. The smallest absolute Gasteiger partial charge is 0.221 e. The number of rotatable bonds is 4. The van der Waals surface area contributed by atoms with Crippen LogP contribution in [0.3, 0.4) is 0 Å². The normalized spacial score (nSPS) is 11.4. The molecule has 5 nitrogen and oxygen atoms in total. The molecule has 1 heterocycles. The maximum Gasteiger partial charge on any atom is 0.221 e. The van der Waals surface area contributed by atoms with Gasteiger partial charge in [0, 0.05) is 11.1 Å². The molecule has 0 saturated heterocycles. The number of aromatic nitrogens is 1. The first-order valence-electron chi connectivity index (χ1n) is 10.9. The fraction of sp³-hybridized carbons (Fsp3) is 0.222. The molecular formula is C27H28N4OS. The molecule has 3 aromatic carbocycles. The van der Waals surface area contributed by atoms with Crippen LogP contribution in [0.1, 0.15) is 33.4 Å². The predicted molar refractivity (Wildman–Crippen MR) is 140 cm³/mol. The molecule has 168 valence electrons. The zero-order valence-corrected chi connectivity index (χ0v) is 20.4. The molecule has 0 atom stereocenters. The molecule has 1 aromatic heterocycles. The molecule has 0 radical (unpaired) electrons. The standard InChI is InChI=1S/C27H28N4OS/c1-16-10-11-18(3)21(14-16)15-31-23-9-7-6-8-22(23)25(26(31)32)29-30-27(33)28-24-19(4)12-17(2)13-20(24)5/h6-14,32H,15H2,1-5H3,(H,28,33). The molecule has 0 aliphatic carbocycles. The fourth-order valence-corrected chi connectivity index (χ4v) is 4.42. The van der Waals surface area contributed by atoms with Gasteiger partial charge >= 0.3 is 0 Å². The van der Waals surface area contributed by atoms with Crippen LogP contribution in [0.4, 0.5) is 11.4 Å². The van der Waals surface area contributed by atoms with E-state index in [-0.39, 0.29) is 11.0 Å². The number of nitrogens with zero attached hydrogens (tertiary/aromatic N) is 3. The number of benzene rings is 3. The first-order valence-corrected chi connectivity index (χ1v) is 11.3. The highest BCUT2D eigenvalue weighted by atomic mass is 32.1. The topological polar surface area (TPSA) is 61.9 Å². The van der Waals surface area contributed by atoms with Crippen LogP contribution in [-0.2, 0) is 6.54 Å². The Morgan fingerprint density at radius 1 is 0.909 bits per heavy atom. The number of aromatic hydroxyl groups is 1. The molecule has 6 heteroatoms. The van der Waals surface area contributed by atoms with E-state index in [1.54, 1.807) is 0 Å². The Morgan fingerprint density at radius 2 is 1.61 bits per heavy atom. The first-order chi connectivity index (χ1) is 15.7. The Hall–Kier alpha value is -3.51. The van der Waals surface area contributed by atoms with Gasteiger partial charge in [-0.1, -0.05) is 59.7 Å². The zero-order valence-electron chi connectivity index (χ0n) is 19.6. The van der Waals surface area contributed by atoms with E-state index in [0.717, 1.165) is 33.3 Å². The summed E-state index contributed by atoms with van der Waals surface area (Å²) in [6, 6.07) is 18.4. The third-order valence-electron chi connectivity index (χ3n) is 5.90. The van der Waals surface area contributed by atoms with Crippen molar-refractivity contribution in [3.8, 4) is 5.88 Å². The summed E-state index contributed by atoms with van der Waals surface area (Å²) in [5.41, 5.74) is 9.15. The summed E-state index contributed by atoms with van der Waals surface area (Å²) < 4.78 is 1.87. The van der Waals surface area contributed by atoms with Gasteiger partial charge in [0.05, 0.1) is 12.1 Å². The minimum absolute atomic E-state index is 0.0753. The molecule has 4 rings (SSSR count). The summed E-state index contributed by atoms with van der Waals surface area (Å²) >= 11 is 5.44. The number of azo groups is 1. The van der Waals surface area contributed by atoms with Crippen molar-refractivity contribution in [2.24, 2.45) is 10.2 Å². The van der Waals surface area contributed by atoms with Crippen LogP contribution >= 0.6 is 12.2 Å². The second kappa shape index (κ2) is 9.16. The van der Waals surface area contributed by atoms with E-state index in [9.17, 15) is 5.11 Å². The van der Waals surface area contributed by atoms with Crippen LogP contribution in [0.2, 0.25) is 0 Å². The average molecular weight is 457 g/mol. The lowest BCUT2D eigenvalue weighted by Gasteiger charge is -2.12. The van der Waals surface area contributed by atoms with Crippen molar-refractivity contribution in [3.05, 3.63) is 88.0 Å². The molecule has 0 bridgehead atoms. The minimum Gasteiger partial charge on any atom is -0.493 e. The third kappa shape index (κ3) is 4.66. The number of para-hydroxylation sites is 1. The van der Waals surface area contributed by atoms with Crippen molar-refractivity contribution in [1.82, 2.24) is 4.57 Å². The quantitative estimate of drug-likeness (QED) is 0.248. The summed E-state index contributed by atoms with van der Waals surface area (Å²) in [6.45, 7) is 10.8. The molecule has 0 amide bonds. The van der Waals surface area contributed by atoms with Gasteiger partial charge in [-0.05, 0) is 75.2 Å².